The smallest absolute Gasteiger partial charge is 0.334 e. The van der Waals surface area contributed by atoms with Crippen LogP contribution >= 0.6 is 7.60 Å². The molecule has 4 N–H and O–H groups in total. The van der Waals surface area contributed by atoms with Crippen molar-refractivity contribution in [3.63, 3.8) is 0 Å². The summed E-state index contributed by atoms with van der Waals surface area (Å²) < 4.78 is 28.3. The summed E-state index contributed by atoms with van der Waals surface area (Å²) >= 11 is 0. The summed E-state index contributed by atoms with van der Waals surface area (Å²) in [5.74, 6) is -3.21. The minimum absolute atomic E-state index is 0.00756. The van der Waals surface area contributed by atoms with E-state index >= 15 is 0 Å². The Balaban J connectivity index is 5.26. The van der Waals surface area contributed by atoms with Crippen LogP contribution in [0.5, 0.6) is 0 Å². The van der Waals surface area contributed by atoms with E-state index in [2.05, 4.69) is 53.6 Å². The first kappa shape index (κ1) is 43.2. The molecule has 0 bridgehead atoms. The van der Waals surface area contributed by atoms with E-state index in [9.17, 15) is 28.8 Å². The van der Waals surface area contributed by atoms with Crippen LogP contribution in [0.3, 0.4) is 0 Å². The lowest BCUT2D eigenvalue weighted by atomic mass is 9.99. The first-order valence-corrected chi connectivity index (χ1v) is 17.5. The van der Waals surface area contributed by atoms with Gasteiger partial charge in [0, 0.05) is 7.11 Å². The lowest BCUT2D eigenvalue weighted by molar-refractivity contribution is -0.146. The lowest BCUT2D eigenvalue weighted by Crippen LogP contribution is -2.58. The van der Waals surface area contributed by atoms with Gasteiger partial charge in [0.05, 0.1) is 19.9 Å². The highest BCUT2D eigenvalue weighted by Gasteiger charge is 2.32. The highest BCUT2D eigenvalue weighted by molar-refractivity contribution is 7.54. The van der Waals surface area contributed by atoms with Gasteiger partial charge in [-0.1, -0.05) is 62.6 Å². The molecule has 13 heteroatoms. The molecule has 0 aromatic heterocycles. The van der Waals surface area contributed by atoms with Crippen molar-refractivity contribution in [3.8, 4) is 0 Å². The summed E-state index contributed by atoms with van der Waals surface area (Å²) in [6.07, 6.45) is 10.1. The van der Waals surface area contributed by atoms with Crippen LogP contribution in [0.2, 0.25) is 0 Å². The molecule has 1 unspecified atom stereocenters. The van der Waals surface area contributed by atoms with Crippen molar-refractivity contribution in [2.45, 2.75) is 106 Å². The maximum Gasteiger partial charge on any atom is 0.334 e. The number of rotatable bonds is 22. The summed E-state index contributed by atoms with van der Waals surface area (Å²) in [4.78, 5) is 50.8. The van der Waals surface area contributed by atoms with Gasteiger partial charge in [0.2, 0.25) is 17.7 Å². The van der Waals surface area contributed by atoms with Crippen LogP contribution in [-0.4, -0.2) is 80.5 Å². The molecule has 12 nitrogen and oxygen atoms in total. The maximum atomic E-state index is 13.2. The van der Waals surface area contributed by atoms with Gasteiger partial charge < -0.3 is 30.3 Å². The molecule has 264 valence electrons. The van der Waals surface area contributed by atoms with Crippen molar-refractivity contribution in [3.05, 3.63) is 34.9 Å². The molecule has 46 heavy (non-hydrogen) atoms. The Morgan fingerprint density at radius 2 is 1.37 bits per heavy atom. The van der Waals surface area contributed by atoms with E-state index in [0.29, 0.717) is 0 Å². The average molecular weight is 672 g/mol. The number of aliphatic hydroxyl groups is 1. The van der Waals surface area contributed by atoms with E-state index in [1.807, 2.05) is 20.8 Å². The molecule has 0 saturated heterocycles. The zero-order chi connectivity index (χ0) is 35.4. The average Bonchev–Trinajstić information content (AvgIpc) is 2.98. The SMILES string of the molecule is COC(=O)[C@H](CO)NC(=O)[C@H](CC(C)C)NC(=O)[C@@H](NC(=O)COP(=O)(C/C=C(\C)CC/C=C(\C)CCC=C(C)C)OC)C(C)C. The van der Waals surface area contributed by atoms with Crippen molar-refractivity contribution in [2.24, 2.45) is 11.8 Å². The number of hydrogen-bond acceptors (Lipinski definition) is 9. The van der Waals surface area contributed by atoms with Gasteiger partial charge in [-0.05, 0) is 71.6 Å². The predicted molar refractivity (Wildman–Crippen MR) is 180 cm³/mol. The van der Waals surface area contributed by atoms with Gasteiger partial charge in [-0.25, -0.2) is 4.79 Å². The molecule has 0 heterocycles. The van der Waals surface area contributed by atoms with E-state index in [-0.39, 0.29) is 24.4 Å². The van der Waals surface area contributed by atoms with Crippen molar-refractivity contribution in [2.75, 3.05) is 33.6 Å². The van der Waals surface area contributed by atoms with E-state index in [0.717, 1.165) is 38.4 Å². The zero-order valence-corrected chi connectivity index (χ0v) is 30.3. The number of aliphatic hydroxyl groups excluding tert-OH is 1. The lowest BCUT2D eigenvalue weighted by Gasteiger charge is -2.27. The molecule has 0 radical (unpaired) electrons. The van der Waals surface area contributed by atoms with Crippen LogP contribution in [0.15, 0.2) is 34.9 Å². The molecule has 0 aliphatic rings. The number of amides is 3. The van der Waals surface area contributed by atoms with Gasteiger partial charge in [-0.3, -0.25) is 23.5 Å². The van der Waals surface area contributed by atoms with Crippen LogP contribution in [0, 0.1) is 11.8 Å². The van der Waals surface area contributed by atoms with Crippen LogP contribution in [0.4, 0.5) is 0 Å². The molecule has 0 aliphatic carbocycles. The first-order chi connectivity index (χ1) is 21.5. The summed E-state index contributed by atoms with van der Waals surface area (Å²) in [6.45, 7) is 14.1. The molecule has 0 aliphatic heterocycles. The summed E-state index contributed by atoms with van der Waals surface area (Å²) in [7, 11) is -1.24. The van der Waals surface area contributed by atoms with E-state index in [1.54, 1.807) is 19.9 Å². The largest absolute Gasteiger partial charge is 0.467 e. The zero-order valence-electron chi connectivity index (χ0n) is 29.4. The van der Waals surface area contributed by atoms with Gasteiger partial charge in [-0.2, -0.15) is 0 Å². The van der Waals surface area contributed by atoms with Gasteiger partial charge in [0.15, 0.2) is 6.04 Å². The monoisotopic (exact) mass is 671 g/mol. The predicted octanol–water partition coefficient (Wildman–Crippen LogP) is 4.58. The molecule has 0 rings (SSSR count). The second-order valence-corrected chi connectivity index (χ2v) is 14.7. The number of methoxy groups -OCH3 is 1. The summed E-state index contributed by atoms with van der Waals surface area (Å²) in [6, 6.07) is -3.39. The fraction of sp³-hybridized carbons (Fsp3) is 0.697. The minimum Gasteiger partial charge on any atom is -0.467 e. The second-order valence-electron chi connectivity index (χ2n) is 12.5. The third-order valence-corrected chi connectivity index (χ3v) is 8.76. The van der Waals surface area contributed by atoms with Crippen molar-refractivity contribution < 1.29 is 42.6 Å². The third-order valence-electron chi connectivity index (χ3n) is 7.05. The highest BCUT2D eigenvalue weighted by Crippen LogP contribution is 2.47. The Bertz CT molecular complexity index is 1130. The van der Waals surface area contributed by atoms with Gasteiger partial charge in [-0.15, -0.1) is 0 Å². The van der Waals surface area contributed by atoms with E-state index in [4.69, 9.17) is 9.05 Å². The molecule has 3 amide bonds. The molecular weight excluding hydrogens is 613 g/mol. The summed E-state index contributed by atoms with van der Waals surface area (Å²) in [5.41, 5.74) is 3.65. The Kier molecular flexibility index (Phi) is 21.3. The number of carbonyl (C=O) groups is 4. The first-order valence-electron chi connectivity index (χ1n) is 15.8. The molecule has 0 aromatic rings. The molecule has 0 fully saturated rings. The third kappa shape index (κ3) is 18.4. The van der Waals surface area contributed by atoms with Crippen LogP contribution in [0.1, 0.15) is 87.5 Å². The molecule has 0 saturated carbocycles. The van der Waals surface area contributed by atoms with Gasteiger partial charge >= 0.3 is 13.6 Å². The molecule has 0 spiro atoms. The van der Waals surface area contributed by atoms with Crippen molar-refractivity contribution in [1.82, 2.24) is 16.0 Å². The number of esters is 1. The van der Waals surface area contributed by atoms with Crippen LogP contribution in [-0.2, 0) is 37.5 Å². The quantitative estimate of drug-likeness (QED) is 0.0731. The minimum atomic E-state index is -3.62. The number of nitrogens with one attached hydrogen (secondary N) is 3. The topological polar surface area (TPSA) is 169 Å². The standard InChI is InChI=1S/C33H58N3O9P/c1-22(2)13-11-14-25(7)15-12-16-26(8)17-18-46(42,44-10)45-21-29(38)36-30(24(5)6)32(40)34-27(19-23(3)4)31(39)35-28(20-37)33(41)43-9/h13,15,17,23-24,27-28,30,37H,11-12,14,16,18-21H2,1-10H3,(H,34,40)(H,35,39)(H,36,38)/b25-15+,26-17+/t27-,28-,30-,46?/m0/s1. The molecular formula is C33H58N3O9P. The Morgan fingerprint density at radius 1 is 0.804 bits per heavy atom. The normalized spacial score (nSPS) is 15.4. The van der Waals surface area contributed by atoms with Gasteiger partial charge in [0.25, 0.3) is 0 Å². The fourth-order valence-electron chi connectivity index (χ4n) is 4.25. The number of hydrogen-bond donors (Lipinski definition) is 4. The number of allylic oxidation sites excluding steroid dienone is 6. The molecule has 0 aromatic carbocycles. The van der Waals surface area contributed by atoms with E-state index in [1.165, 1.54) is 18.3 Å². The van der Waals surface area contributed by atoms with Crippen LogP contribution in [0.25, 0.3) is 0 Å². The van der Waals surface area contributed by atoms with Crippen LogP contribution < -0.4 is 16.0 Å². The number of carbonyl (C=O) groups excluding carboxylic acids is 4. The number of ether oxygens (including phenoxy) is 1. The van der Waals surface area contributed by atoms with Crippen molar-refractivity contribution >= 4 is 31.3 Å². The van der Waals surface area contributed by atoms with Crippen molar-refractivity contribution in [1.29, 1.82) is 0 Å². The van der Waals surface area contributed by atoms with Gasteiger partial charge in [0.1, 0.15) is 18.7 Å². The summed E-state index contributed by atoms with van der Waals surface area (Å²) in [5, 5.41) is 17.1. The molecule has 4 atom stereocenters. The Morgan fingerprint density at radius 3 is 1.87 bits per heavy atom. The fourth-order valence-corrected chi connectivity index (χ4v) is 5.46. The second kappa shape index (κ2) is 22.7. The maximum absolute atomic E-state index is 13.2. The van der Waals surface area contributed by atoms with E-state index < -0.39 is 62.6 Å². The highest BCUT2D eigenvalue weighted by atomic mass is 31.2. The Hall–Kier alpha value is -2.79. The Labute approximate surface area is 275 Å².